The molecule has 0 aliphatic carbocycles. The minimum absolute atomic E-state index is 0.282. The maximum absolute atomic E-state index is 12.0. The average molecular weight is 270 g/mol. The standard InChI is InChI=1S/C15H18N4O/c1-11-7-4-5-8-12(11)17-15(20)18-13-9-6-10-16-14(13)19(2)3/h4-10H,1-3H3,(H2,17,18,20). The molecule has 5 heteroatoms. The molecule has 0 saturated heterocycles. The largest absolute Gasteiger partial charge is 0.361 e. The molecule has 0 spiro atoms. The Labute approximate surface area is 118 Å². The van der Waals surface area contributed by atoms with Crippen LogP contribution in [0.4, 0.5) is 22.0 Å². The van der Waals surface area contributed by atoms with Crippen LogP contribution in [0.5, 0.6) is 0 Å². The number of nitrogens with zero attached hydrogens (tertiary/aromatic N) is 2. The third-order valence-corrected chi connectivity index (χ3v) is 2.85. The zero-order valence-electron chi connectivity index (χ0n) is 11.8. The van der Waals surface area contributed by atoms with Gasteiger partial charge in [0.05, 0.1) is 5.69 Å². The van der Waals surface area contributed by atoms with E-state index in [2.05, 4.69) is 15.6 Å². The summed E-state index contributed by atoms with van der Waals surface area (Å²) in [6.45, 7) is 1.95. The van der Waals surface area contributed by atoms with Crippen LogP contribution in [-0.4, -0.2) is 25.1 Å². The van der Waals surface area contributed by atoms with Gasteiger partial charge < -0.3 is 15.5 Å². The highest BCUT2D eigenvalue weighted by atomic mass is 16.2. The van der Waals surface area contributed by atoms with Crippen molar-refractivity contribution in [1.82, 2.24) is 4.98 Å². The number of hydrogen-bond donors (Lipinski definition) is 2. The summed E-state index contributed by atoms with van der Waals surface area (Å²) in [5.41, 5.74) is 2.48. The molecule has 1 aromatic carbocycles. The van der Waals surface area contributed by atoms with E-state index < -0.39 is 0 Å². The molecule has 0 aliphatic rings. The number of nitrogens with one attached hydrogen (secondary N) is 2. The van der Waals surface area contributed by atoms with E-state index in [9.17, 15) is 4.79 Å². The summed E-state index contributed by atoms with van der Waals surface area (Å²) < 4.78 is 0. The Morgan fingerprint density at radius 3 is 2.40 bits per heavy atom. The van der Waals surface area contributed by atoms with Gasteiger partial charge in [0.1, 0.15) is 0 Å². The summed E-state index contributed by atoms with van der Waals surface area (Å²) in [5, 5.41) is 5.64. The number of aryl methyl sites for hydroxylation is 1. The van der Waals surface area contributed by atoms with E-state index in [1.54, 1.807) is 12.3 Å². The fraction of sp³-hybridized carbons (Fsp3) is 0.200. The Kier molecular flexibility index (Phi) is 4.20. The van der Waals surface area contributed by atoms with Gasteiger partial charge in [-0.25, -0.2) is 9.78 Å². The van der Waals surface area contributed by atoms with Gasteiger partial charge in [-0.2, -0.15) is 0 Å². The summed E-state index contributed by atoms with van der Waals surface area (Å²) in [7, 11) is 3.76. The van der Waals surface area contributed by atoms with Crippen LogP contribution in [0, 0.1) is 6.92 Å². The molecule has 1 aromatic heterocycles. The summed E-state index contributed by atoms with van der Waals surface area (Å²) in [4.78, 5) is 18.1. The number of carbonyl (C=O) groups is 1. The van der Waals surface area contributed by atoms with Crippen LogP contribution >= 0.6 is 0 Å². The first-order valence-corrected chi connectivity index (χ1v) is 6.34. The summed E-state index contributed by atoms with van der Waals surface area (Å²) >= 11 is 0. The van der Waals surface area contributed by atoms with Gasteiger partial charge in [0.15, 0.2) is 5.82 Å². The number of hydrogen-bond acceptors (Lipinski definition) is 3. The van der Waals surface area contributed by atoms with Crippen molar-refractivity contribution in [3.05, 3.63) is 48.2 Å². The first kappa shape index (κ1) is 13.9. The van der Waals surface area contributed by atoms with Crippen LogP contribution in [0.15, 0.2) is 42.6 Å². The number of urea groups is 1. The van der Waals surface area contributed by atoms with Crippen molar-refractivity contribution in [2.45, 2.75) is 6.92 Å². The quantitative estimate of drug-likeness (QED) is 0.901. The normalized spacial score (nSPS) is 9.95. The third-order valence-electron chi connectivity index (χ3n) is 2.85. The van der Waals surface area contributed by atoms with Gasteiger partial charge >= 0.3 is 6.03 Å². The molecule has 2 amide bonds. The zero-order chi connectivity index (χ0) is 14.5. The van der Waals surface area contributed by atoms with Crippen LogP contribution in [0.25, 0.3) is 0 Å². The van der Waals surface area contributed by atoms with Crippen molar-refractivity contribution in [2.24, 2.45) is 0 Å². The number of anilines is 3. The van der Waals surface area contributed by atoms with Crippen molar-refractivity contribution in [1.29, 1.82) is 0 Å². The predicted octanol–water partition coefficient (Wildman–Crippen LogP) is 3.10. The first-order valence-electron chi connectivity index (χ1n) is 6.34. The fourth-order valence-corrected chi connectivity index (χ4v) is 1.84. The summed E-state index contributed by atoms with van der Waals surface area (Å²) in [6.07, 6.45) is 1.69. The monoisotopic (exact) mass is 270 g/mol. The minimum atomic E-state index is -0.282. The molecule has 1 heterocycles. The number of para-hydroxylation sites is 1. The van der Waals surface area contributed by atoms with Crippen molar-refractivity contribution in [3.8, 4) is 0 Å². The van der Waals surface area contributed by atoms with Crippen molar-refractivity contribution >= 4 is 23.2 Å². The minimum Gasteiger partial charge on any atom is -0.361 e. The number of pyridine rings is 1. The highest BCUT2D eigenvalue weighted by Gasteiger charge is 2.09. The zero-order valence-corrected chi connectivity index (χ0v) is 11.8. The molecule has 2 rings (SSSR count). The topological polar surface area (TPSA) is 57.3 Å². The van der Waals surface area contributed by atoms with E-state index in [1.165, 1.54) is 0 Å². The Morgan fingerprint density at radius 2 is 1.70 bits per heavy atom. The van der Waals surface area contributed by atoms with Crippen LogP contribution in [0.3, 0.4) is 0 Å². The van der Waals surface area contributed by atoms with Gasteiger partial charge in [-0.05, 0) is 30.7 Å². The van der Waals surface area contributed by atoms with Crippen molar-refractivity contribution in [2.75, 3.05) is 29.6 Å². The summed E-state index contributed by atoms with van der Waals surface area (Å²) in [5.74, 6) is 0.715. The molecule has 0 atom stereocenters. The first-order chi connectivity index (χ1) is 9.58. The van der Waals surface area contributed by atoms with E-state index in [4.69, 9.17) is 0 Å². The number of amides is 2. The molecule has 5 nitrogen and oxygen atoms in total. The van der Waals surface area contributed by atoms with Gasteiger partial charge in [0.25, 0.3) is 0 Å². The highest BCUT2D eigenvalue weighted by molar-refractivity contribution is 6.01. The average Bonchev–Trinajstić information content (AvgIpc) is 2.41. The molecule has 2 aromatic rings. The van der Waals surface area contributed by atoms with E-state index in [1.807, 2.05) is 56.3 Å². The molecule has 0 radical (unpaired) electrons. The second-order valence-corrected chi connectivity index (χ2v) is 4.66. The SMILES string of the molecule is Cc1ccccc1NC(=O)Nc1cccnc1N(C)C. The molecule has 20 heavy (non-hydrogen) atoms. The van der Waals surface area contributed by atoms with E-state index in [0.29, 0.717) is 11.5 Å². The Hall–Kier alpha value is -2.56. The molecule has 104 valence electrons. The summed E-state index contributed by atoms with van der Waals surface area (Å²) in [6, 6.07) is 11.0. The van der Waals surface area contributed by atoms with Crippen LogP contribution in [-0.2, 0) is 0 Å². The molecule has 0 saturated carbocycles. The molecule has 0 fully saturated rings. The lowest BCUT2D eigenvalue weighted by molar-refractivity contribution is 0.262. The lowest BCUT2D eigenvalue weighted by Crippen LogP contribution is -2.22. The van der Waals surface area contributed by atoms with E-state index in [-0.39, 0.29) is 6.03 Å². The Balaban J connectivity index is 2.11. The third kappa shape index (κ3) is 3.26. The van der Waals surface area contributed by atoms with Crippen LogP contribution < -0.4 is 15.5 Å². The van der Waals surface area contributed by atoms with Crippen LogP contribution in [0.1, 0.15) is 5.56 Å². The molecular formula is C15H18N4O. The molecule has 0 unspecified atom stereocenters. The predicted molar refractivity (Wildman–Crippen MR) is 82.4 cm³/mol. The van der Waals surface area contributed by atoms with Crippen LogP contribution in [0.2, 0.25) is 0 Å². The maximum Gasteiger partial charge on any atom is 0.323 e. The number of aromatic nitrogens is 1. The van der Waals surface area contributed by atoms with Gasteiger partial charge in [-0.1, -0.05) is 18.2 Å². The van der Waals surface area contributed by atoms with Crippen molar-refractivity contribution in [3.63, 3.8) is 0 Å². The second-order valence-electron chi connectivity index (χ2n) is 4.66. The maximum atomic E-state index is 12.0. The molecule has 0 bridgehead atoms. The van der Waals surface area contributed by atoms with E-state index in [0.717, 1.165) is 11.3 Å². The van der Waals surface area contributed by atoms with Gasteiger partial charge in [0.2, 0.25) is 0 Å². The molecular weight excluding hydrogens is 252 g/mol. The van der Waals surface area contributed by atoms with Gasteiger partial charge in [-0.3, -0.25) is 0 Å². The van der Waals surface area contributed by atoms with E-state index >= 15 is 0 Å². The van der Waals surface area contributed by atoms with Gasteiger partial charge in [-0.15, -0.1) is 0 Å². The smallest absolute Gasteiger partial charge is 0.323 e. The fourth-order valence-electron chi connectivity index (χ4n) is 1.84. The lowest BCUT2D eigenvalue weighted by atomic mass is 10.2. The van der Waals surface area contributed by atoms with Crippen molar-refractivity contribution < 1.29 is 4.79 Å². The Morgan fingerprint density at radius 1 is 1.05 bits per heavy atom. The lowest BCUT2D eigenvalue weighted by Gasteiger charge is -2.16. The number of benzene rings is 1. The Bertz CT molecular complexity index is 610. The molecule has 2 N–H and O–H groups in total. The second kappa shape index (κ2) is 6.06. The molecule has 0 aliphatic heterocycles. The number of rotatable bonds is 3. The number of carbonyl (C=O) groups excluding carboxylic acids is 1. The van der Waals surface area contributed by atoms with Gasteiger partial charge in [0, 0.05) is 26.0 Å². The highest BCUT2D eigenvalue weighted by Crippen LogP contribution is 2.21.